The van der Waals surface area contributed by atoms with Gasteiger partial charge in [-0.3, -0.25) is 0 Å². The number of hydrogen-bond donors (Lipinski definition) is 1. The molecule has 1 aliphatic rings. The van der Waals surface area contributed by atoms with Crippen molar-refractivity contribution in [2.45, 2.75) is 46.0 Å². The normalized spacial score (nSPS) is 18.8. The van der Waals surface area contributed by atoms with Crippen LogP contribution in [0.2, 0.25) is 0 Å². The Morgan fingerprint density at radius 3 is 2.69 bits per heavy atom. The fraction of sp³-hybridized carbons (Fsp3) is 0.833. The Balaban J connectivity index is 1.97. The first-order valence-corrected chi connectivity index (χ1v) is 6.15. The molecule has 4 nitrogen and oxygen atoms in total. The molecule has 0 spiro atoms. The molecule has 2 N–H and O–H groups in total. The Kier molecular flexibility index (Phi) is 3.28. The Morgan fingerprint density at radius 1 is 1.44 bits per heavy atom. The van der Waals surface area contributed by atoms with Crippen LogP contribution in [0.1, 0.15) is 44.8 Å². The van der Waals surface area contributed by atoms with Crippen molar-refractivity contribution in [1.82, 2.24) is 10.1 Å². The molecule has 2 rings (SSSR count). The van der Waals surface area contributed by atoms with Gasteiger partial charge in [-0.2, -0.15) is 4.98 Å². The average molecular weight is 223 g/mol. The number of hydrogen-bond acceptors (Lipinski definition) is 4. The van der Waals surface area contributed by atoms with Crippen molar-refractivity contribution in [3.63, 3.8) is 0 Å². The SMILES string of the molecule is CC(C)Cc1noc(CC2(CN)CCC2)n1. The minimum absolute atomic E-state index is 0.252. The number of nitrogens with zero attached hydrogens (tertiary/aromatic N) is 2. The second kappa shape index (κ2) is 4.53. The molecule has 90 valence electrons. The smallest absolute Gasteiger partial charge is 0.227 e. The van der Waals surface area contributed by atoms with E-state index in [-0.39, 0.29) is 5.41 Å². The zero-order valence-electron chi connectivity index (χ0n) is 10.2. The monoisotopic (exact) mass is 223 g/mol. The predicted molar refractivity (Wildman–Crippen MR) is 61.9 cm³/mol. The molecule has 0 amide bonds. The van der Waals surface area contributed by atoms with E-state index in [1.165, 1.54) is 19.3 Å². The lowest BCUT2D eigenvalue weighted by Crippen LogP contribution is -2.39. The van der Waals surface area contributed by atoms with Crippen LogP contribution in [0.5, 0.6) is 0 Å². The molecule has 1 fully saturated rings. The summed E-state index contributed by atoms with van der Waals surface area (Å²) in [5, 5.41) is 4.01. The zero-order chi connectivity index (χ0) is 11.6. The second-order valence-electron chi connectivity index (χ2n) is 5.44. The third kappa shape index (κ3) is 2.43. The molecule has 0 radical (unpaired) electrons. The summed E-state index contributed by atoms with van der Waals surface area (Å²) >= 11 is 0. The van der Waals surface area contributed by atoms with Crippen molar-refractivity contribution in [3.05, 3.63) is 11.7 Å². The maximum Gasteiger partial charge on any atom is 0.227 e. The predicted octanol–water partition coefficient (Wildman–Crippen LogP) is 1.94. The maximum absolute atomic E-state index is 5.81. The molecule has 4 heteroatoms. The standard InChI is InChI=1S/C12H21N3O/c1-9(2)6-10-14-11(16-15-10)7-12(8-13)4-3-5-12/h9H,3-8,13H2,1-2H3. The summed E-state index contributed by atoms with van der Waals surface area (Å²) in [6.45, 7) is 5.04. The first kappa shape index (κ1) is 11.6. The molecule has 0 saturated heterocycles. The minimum Gasteiger partial charge on any atom is -0.339 e. The fourth-order valence-corrected chi connectivity index (χ4v) is 2.26. The lowest BCUT2D eigenvalue weighted by atomic mass is 9.67. The van der Waals surface area contributed by atoms with Gasteiger partial charge in [0.25, 0.3) is 0 Å². The van der Waals surface area contributed by atoms with E-state index in [4.69, 9.17) is 10.3 Å². The Bertz CT molecular complexity index is 336. The summed E-state index contributed by atoms with van der Waals surface area (Å²) < 4.78 is 5.28. The van der Waals surface area contributed by atoms with Gasteiger partial charge in [-0.05, 0) is 30.7 Å². The fourth-order valence-electron chi connectivity index (χ4n) is 2.26. The minimum atomic E-state index is 0.252. The van der Waals surface area contributed by atoms with Gasteiger partial charge in [0.1, 0.15) is 0 Å². The summed E-state index contributed by atoms with van der Waals surface area (Å²) in [5.74, 6) is 2.16. The molecule has 1 heterocycles. The van der Waals surface area contributed by atoms with E-state index < -0.39 is 0 Å². The Hall–Kier alpha value is -0.900. The van der Waals surface area contributed by atoms with Crippen LogP contribution in [-0.2, 0) is 12.8 Å². The van der Waals surface area contributed by atoms with Gasteiger partial charge < -0.3 is 10.3 Å². The molecule has 1 aromatic rings. The summed E-state index contributed by atoms with van der Waals surface area (Å²) in [5.41, 5.74) is 6.07. The van der Waals surface area contributed by atoms with Crippen LogP contribution in [0, 0.1) is 11.3 Å². The first-order valence-electron chi connectivity index (χ1n) is 6.15. The van der Waals surface area contributed by atoms with E-state index in [1.54, 1.807) is 0 Å². The molecule has 1 saturated carbocycles. The highest BCUT2D eigenvalue weighted by atomic mass is 16.5. The van der Waals surface area contributed by atoms with E-state index in [0.717, 1.165) is 31.1 Å². The summed E-state index contributed by atoms with van der Waals surface area (Å²) in [7, 11) is 0. The molecule has 1 aromatic heterocycles. The van der Waals surface area contributed by atoms with Gasteiger partial charge >= 0.3 is 0 Å². The summed E-state index contributed by atoms with van der Waals surface area (Å²) in [4.78, 5) is 4.43. The highest BCUT2D eigenvalue weighted by Crippen LogP contribution is 2.42. The summed E-state index contributed by atoms with van der Waals surface area (Å²) in [6.07, 6.45) is 5.43. The van der Waals surface area contributed by atoms with Crippen LogP contribution in [0.15, 0.2) is 4.52 Å². The zero-order valence-corrected chi connectivity index (χ0v) is 10.2. The number of rotatable bonds is 5. The van der Waals surface area contributed by atoms with Gasteiger partial charge in [0, 0.05) is 12.8 Å². The van der Waals surface area contributed by atoms with E-state index >= 15 is 0 Å². The van der Waals surface area contributed by atoms with Gasteiger partial charge in [-0.25, -0.2) is 0 Å². The van der Waals surface area contributed by atoms with Gasteiger partial charge in [0.2, 0.25) is 5.89 Å². The van der Waals surface area contributed by atoms with Crippen LogP contribution < -0.4 is 5.73 Å². The van der Waals surface area contributed by atoms with E-state index in [2.05, 4.69) is 24.0 Å². The third-order valence-electron chi connectivity index (χ3n) is 3.47. The lowest BCUT2D eigenvalue weighted by Gasteiger charge is -2.39. The third-order valence-corrected chi connectivity index (χ3v) is 3.47. The van der Waals surface area contributed by atoms with Crippen molar-refractivity contribution < 1.29 is 4.52 Å². The highest BCUT2D eigenvalue weighted by molar-refractivity contribution is 4.98. The van der Waals surface area contributed by atoms with Crippen molar-refractivity contribution >= 4 is 0 Å². The van der Waals surface area contributed by atoms with Gasteiger partial charge in [0.15, 0.2) is 5.82 Å². The van der Waals surface area contributed by atoms with E-state index in [0.29, 0.717) is 5.92 Å². The molecular formula is C12H21N3O. The average Bonchev–Trinajstić information content (AvgIpc) is 2.58. The quantitative estimate of drug-likeness (QED) is 0.828. The number of nitrogens with two attached hydrogens (primary N) is 1. The van der Waals surface area contributed by atoms with Crippen LogP contribution in [0.3, 0.4) is 0 Å². The molecule has 16 heavy (non-hydrogen) atoms. The molecule has 0 bridgehead atoms. The van der Waals surface area contributed by atoms with Crippen molar-refractivity contribution in [3.8, 4) is 0 Å². The maximum atomic E-state index is 5.81. The largest absolute Gasteiger partial charge is 0.339 e. The van der Waals surface area contributed by atoms with E-state index in [9.17, 15) is 0 Å². The van der Waals surface area contributed by atoms with Gasteiger partial charge in [-0.15, -0.1) is 0 Å². The molecule has 0 aromatic carbocycles. The van der Waals surface area contributed by atoms with Crippen LogP contribution in [0.4, 0.5) is 0 Å². The van der Waals surface area contributed by atoms with Gasteiger partial charge in [0.05, 0.1) is 0 Å². The Morgan fingerprint density at radius 2 is 2.19 bits per heavy atom. The molecular weight excluding hydrogens is 202 g/mol. The van der Waals surface area contributed by atoms with Crippen molar-refractivity contribution in [1.29, 1.82) is 0 Å². The van der Waals surface area contributed by atoms with Crippen molar-refractivity contribution in [2.75, 3.05) is 6.54 Å². The van der Waals surface area contributed by atoms with Crippen LogP contribution >= 0.6 is 0 Å². The van der Waals surface area contributed by atoms with Crippen LogP contribution in [-0.4, -0.2) is 16.7 Å². The molecule has 0 unspecified atom stereocenters. The lowest BCUT2D eigenvalue weighted by molar-refractivity contribution is 0.129. The van der Waals surface area contributed by atoms with Crippen molar-refractivity contribution in [2.24, 2.45) is 17.1 Å². The van der Waals surface area contributed by atoms with E-state index in [1.807, 2.05) is 0 Å². The molecule has 1 aliphatic carbocycles. The van der Waals surface area contributed by atoms with Crippen LogP contribution in [0.25, 0.3) is 0 Å². The molecule has 0 atom stereocenters. The van der Waals surface area contributed by atoms with Gasteiger partial charge in [-0.1, -0.05) is 25.4 Å². The molecule has 0 aliphatic heterocycles. The topological polar surface area (TPSA) is 64.9 Å². The first-order chi connectivity index (χ1) is 7.63. The number of aromatic nitrogens is 2. The second-order valence-corrected chi connectivity index (χ2v) is 5.44. The highest BCUT2D eigenvalue weighted by Gasteiger charge is 2.37. The Labute approximate surface area is 96.6 Å². The summed E-state index contributed by atoms with van der Waals surface area (Å²) in [6, 6.07) is 0.